The summed E-state index contributed by atoms with van der Waals surface area (Å²) in [6, 6.07) is 4.71. The van der Waals surface area contributed by atoms with Crippen molar-refractivity contribution in [1.82, 2.24) is 10.3 Å². The minimum Gasteiger partial charge on any atom is -0.352 e. The first kappa shape index (κ1) is 18.2. The van der Waals surface area contributed by atoms with Crippen LogP contribution >= 0.6 is 22.9 Å². The van der Waals surface area contributed by atoms with Gasteiger partial charge in [-0.1, -0.05) is 11.6 Å². The van der Waals surface area contributed by atoms with Gasteiger partial charge in [0.15, 0.2) is 0 Å². The number of benzene rings is 1. The summed E-state index contributed by atoms with van der Waals surface area (Å²) < 4.78 is 25.9. The van der Waals surface area contributed by atoms with E-state index in [2.05, 4.69) is 10.3 Å². The molecule has 0 unspecified atom stereocenters. The number of halogens is 1. The van der Waals surface area contributed by atoms with Crippen LogP contribution in [0.3, 0.4) is 0 Å². The molecule has 1 aromatic carbocycles. The molecule has 2 aromatic rings. The summed E-state index contributed by atoms with van der Waals surface area (Å²) in [5.74, 6) is -0.157. The molecule has 134 valence electrons. The molecule has 0 spiro atoms. The summed E-state index contributed by atoms with van der Waals surface area (Å²) >= 11 is 7.70. The van der Waals surface area contributed by atoms with Crippen LogP contribution in [-0.2, 0) is 16.4 Å². The molecule has 1 saturated heterocycles. The van der Waals surface area contributed by atoms with Gasteiger partial charge in [0.2, 0.25) is 10.0 Å². The van der Waals surface area contributed by atoms with Gasteiger partial charge in [-0.25, -0.2) is 13.4 Å². The molecular weight excluding hydrogens is 382 g/mol. The molecule has 3 rings (SSSR count). The number of thiazole rings is 1. The Morgan fingerprint density at radius 3 is 2.92 bits per heavy atom. The highest BCUT2D eigenvalue weighted by atomic mass is 35.5. The molecule has 25 heavy (non-hydrogen) atoms. The lowest BCUT2D eigenvalue weighted by Crippen LogP contribution is -2.38. The Labute approximate surface area is 155 Å². The molecule has 0 atom stereocenters. The van der Waals surface area contributed by atoms with Crippen molar-refractivity contribution in [1.29, 1.82) is 0 Å². The van der Waals surface area contributed by atoms with Crippen molar-refractivity contribution in [3.05, 3.63) is 45.4 Å². The maximum atomic E-state index is 12.3. The van der Waals surface area contributed by atoms with Gasteiger partial charge >= 0.3 is 0 Å². The Morgan fingerprint density at radius 1 is 1.36 bits per heavy atom. The Hall–Kier alpha value is -1.64. The van der Waals surface area contributed by atoms with Crippen molar-refractivity contribution >= 4 is 44.6 Å². The summed E-state index contributed by atoms with van der Waals surface area (Å²) in [5, 5.41) is 5.08. The van der Waals surface area contributed by atoms with Gasteiger partial charge in [0.25, 0.3) is 5.91 Å². The SMILES string of the molecule is O=C(NCCc1cscn1)c1ccc(Cl)c(N2CCCCS2(=O)=O)c1. The van der Waals surface area contributed by atoms with Crippen molar-refractivity contribution in [3.8, 4) is 0 Å². The summed E-state index contributed by atoms with van der Waals surface area (Å²) in [6.07, 6.45) is 2.07. The maximum absolute atomic E-state index is 12.3. The molecule has 9 heteroatoms. The molecule has 0 radical (unpaired) electrons. The van der Waals surface area contributed by atoms with Gasteiger partial charge in [-0.2, -0.15) is 0 Å². The Bertz CT molecular complexity index is 854. The van der Waals surface area contributed by atoms with E-state index in [9.17, 15) is 13.2 Å². The van der Waals surface area contributed by atoms with E-state index in [4.69, 9.17) is 11.6 Å². The lowest BCUT2D eigenvalue weighted by atomic mass is 10.1. The Kier molecular flexibility index (Phi) is 5.61. The normalized spacial score (nSPS) is 16.6. The number of anilines is 1. The van der Waals surface area contributed by atoms with Gasteiger partial charge in [0.05, 0.1) is 27.7 Å². The van der Waals surface area contributed by atoms with E-state index in [-0.39, 0.29) is 11.7 Å². The molecule has 0 bridgehead atoms. The van der Waals surface area contributed by atoms with E-state index >= 15 is 0 Å². The van der Waals surface area contributed by atoms with Crippen LogP contribution in [0, 0.1) is 0 Å². The lowest BCUT2D eigenvalue weighted by Gasteiger charge is -2.29. The maximum Gasteiger partial charge on any atom is 0.251 e. The standard InChI is InChI=1S/C16H18ClN3O3S2/c17-14-4-3-12(16(21)18-6-5-13-10-24-11-19-13)9-15(14)20-7-1-2-8-25(20,22)23/h3-4,9-11H,1-2,5-8H2,(H,18,21). The molecule has 1 amide bonds. The molecule has 0 saturated carbocycles. The molecule has 0 aliphatic carbocycles. The number of carbonyl (C=O) groups is 1. The minimum absolute atomic E-state index is 0.105. The highest BCUT2D eigenvalue weighted by Crippen LogP contribution is 2.31. The van der Waals surface area contributed by atoms with E-state index < -0.39 is 10.0 Å². The number of hydrogen-bond acceptors (Lipinski definition) is 5. The molecule has 1 aliphatic heterocycles. The number of sulfonamides is 1. The minimum atomic E-state index is -3.38. The molecule has 1 aliphatic rings. The van der Waals surface area contributed by atoms with Crippen molar-refractivity contribution in [2.75, 3.05) is 23.1 Å². The third-order valence-electron chi connectivity index (χ3n) is 3.98. The first-order chi connectivity index (χ1) is 12.0. The van der Waals surface area contributed by atoms with E-state index in [1.807, 2.05) is 5.38 Å². The van der Waals surface area contributed by atoms with Crippen molar-refractivity contribution in [3.63, 3.8) is 0 Å². The summed E-state index contributed by atoms with van der Waals surface area (Å²) in [4.78, 5) is 16.5. The highest BCUT2D eigenvalue weighted by molar-refractivity contribution is 7.92. The number of nitrogens with zero attached hydrogens (tertiary/aromatic N) is 2. The van der Waals surface area contributed by atoms with Gasteiger partial charge in [-0.05, 0) is 31.0 Å². The largest absolute Gasteiger partial charge is 0.352 e. The second-order valence-corrected chi connectivity index (χ2v) is 8.89. The summed E-state index contributed by atoms with van der Waals surface area (Å²) in [7, 11) is -3.38. The number of carbonyl (C=O) groups excluding carboxylic acids is 1. The third-order valence-corrected chi connectivity index (χ3v) is 6.79. The van der Waals surface area contributed by atoms with Gasteiger partial charge in [0.1, 0.15) is 0 Å². The summed E-state index contributed by atoms with van der Waals surface area (Å²) in [6.45, 7) is 0.847. The van der Waals surface area contributed by atoms with Crippen LogP contribution in [-0.4, -0.2) is 38.2 Å². The van der Waals surface area contributed by atoms with Crippen molar-refractivity contribution < 1.29 is 13.2 Å². The molecule has 2 heterocycles. The fraction of sp³-hybridized carbons (Fsp3) is 0.375. The molecule has 1 aromatic heterocycles. The van der Waals surface area contributed by atoms with Crippen LogP contribution in [0.25, 0.3) is 0 Å². The number of amides is 1. The number of nitrogens with one attached hydrogen (secondary N) is 1. The first-order valence-electron chi connectivity index (χ1n) is 7.92. The first-order valence-corrected chi connectivity index (χ1v) is 10.9. The zero-order chi connectivity index (χ0) is 17.9. The third kappa shape index (κ3) is 4.31. The number of aromatic nitrogens is 1. The molecular formula is C16H18ClN3O3S2. The zero-order valence-electron chi connectivity index (χ0n) is 13.4. The quantitative estimate of drug-likeness (QED) is 0.838. The van der Waals surface area contributed by atoms with E-state index in [0.717, 1.165) is 12.1 Å². The van der Waals surface area contributed by atoms with Crippen molar-refractivity contribution in [2.45, 2.75) is 19.3 Å². The van der Waals surface area contributed by atoms with Gasteiger partial charge < -0.3 is 5.32 Å². The predicted molar refractivity (Wildman–Crippen MR) is 100.0 cm³/mol. The van der Waals surface area contributed by atoms with E-state index in [1.54, 1.807) is 23.7 Å². The summed E-state index contributed by atoms with van der Waals surface area (Å²) in [5.41, 5.74) is 3.44. The van der Waals surface area contributed by atoms with Gasteiger partial charge in [-0.3, -0.25) is 9.10 Å². The van der Waals surface area contributed by atoms with Gasteiger partial charge in [0, 0.05) is 30.5 Å². The molecule has 1 N–H and O–H groups in total. The smallest absolute Gasteiger partial charge is 0.251 e. The van der Waals surface area contributed by atoms with E-state index in [0.29, 0.717) is 42.2 Å². The van der Waals surface area contributed by atoms with Crippen LogP contribution in [0.1, 0.15) is 28.9 Å². The van der Waals surface area contributed by atoms with Crippen LogP contribution in [0.5, 0.6) is 0 Å². The predicted octanol–water partition coefficient (Wildman–Crippen LogP) is 2.70. The lowest BCUT2D eigenvalue weighted by molar-refractivity contribution is 0.0954. The molecule has 1 fully saturated rings. The fourth-order valence-electron chi connectivity index (χ4n) is 2.67. The van der Waals surface area contributed by atoms with Gasteiger partial charge in [-0.15, -0.1) is 11.3 Å². The Morgan fingerprint density at radius 2 is 2.20 bits per heavy atom. The Balaban J connectivity index is 1.73. The van der Waals surface area contributed by atoms with Crippen molar-refractivity contribution in [2.24, 2.45) is 0 Å². The van der Waals surface area contributed by atoms with Crippen LogP contribution < -0.4 is 9.62 Å². The number of rotatable bonds is 5. The average molecular weight is 400 g/mol. The fourth-order valence-corrected chi connectivity index (χ4v) is 5.18. The highest BCUT2D eigenvalue weighted by Gasteiger charge is 2.28. The zero-order valence-corrected chi connectivity index (χ0v) is 15.8. The average Bonchev–Trinajstić information content (AvgIpc) is 3.08. The van der Waals surface area contributed by atoms with E-state index in [1.165, 1.54) is 15.6 Å². The second kappa shape index (κ2) is 7.72. The number of hydrogen-bond donors (Lipinski definition) is 1. The monoisotopic (exact) mass is 399 g/mol. The van der Waals surface area contributed by atoms with Crippen LogP contribution in [0.2, 0.25) is 5.02 Å². The second-order valence-electron chi connectivity index (χ2n) is 5.75. The van der Waals surface area contributed by atoms with Crippen LogP contribution in [0.15, 0.2) is 29.1 Å². The van der Waals surface area contributed by atoms with Crippen LogP contribution in [0.4, 0.5) is 5.69 Å². The molecule has 6 nitrogen and oxygen atoms in total. The topological polar surface area (TPSA) is 79.4 Å².